The molecule has 0 fully saturated rings. The maximum absolute atomic E-state index is 8.01. The molecule has 2 nitrogen and oxygen atoms in total. The molecule has 0 aliphatic heterocycles. The van der Waals surface area contributed by atoms with Crippen molar-refractivity contribution in [3.05, 3.63) is 227 Å². The summed E-state index contributed by atoms with van der Waals surface area (Å²) in [5, 5.41) is 16.0. The van der Waals surface area contributed by atoms with E-state index in [4.69, 9.17) is 11.1 Å². The highest BCUT2D eigenvalue weighted by Gasteiger charge is 2.53. The SMILES string of the molecule is C\C=C/C(=C\CC)C(/N)=C/C(=N)c1ccccc1.Cc1ccc2cc3c(cc2c1)C1(c2ccccc2-c2ccccc21)c1c-3c2ccccc2c2ccccc12. The van der Waals surface area contributed by atoms with Crippen molar-refractivity contribution >= 4 is 38.0 Å². The number of nitrogens with one attached hydrogen (secondary N) is 1. The molecule has 1 spiro atoms. The smallest absolute Gasteiger partial charge is 0.0731 e. The normalized spacial score (nSPS) is 13.8. The quantitative estimate of drug-likeness (QED) is 0.104. The van der Waals surface area contributed by atoms with Gasteiger partial charge in [0.25, 0.3) is 0 Å². The van der Waals surface area contributed by atoms with Crippen LogP contribution < -0.4 is 5.73 Å². The molecule has 2 aliphatic rings. The fourth-order valence-corrected chi connectivity index (χ4v) is 9.30. The summed E-state index contributed by atoms with van der Waals surface area (Å²) in [6.07, 6.45) is 8.61. The first-order chi connectivity index (χ1) is 27.4. The van der Waals surface area contributed by atoms with Crippen LogP contribution in [0.3, 0.4) is 0 Å². The van der Waals surface area contributed by atoms with Gasteiger partial charge in [0.1, 0.15) is 0 Å². The summed E-state index contributed by atoms with van der Waals surface area (Å²) < 4.78 is 0. The van der Waals surface area contributed by atoms with E-state index in [0.29, 0.717) is 11.4 Å². The number of fused-ring (bicyclic) bond motifs is 16. The Morgan fingerprint density at radius 3 is 1.86 bits per heavy atom. The van der Waals surface area contributed by atoms with E-state index in [0.717, 1.165) is 17.6 Å². The fraction of sp³-hybridized carbons (Fsp3) is 0.0926. The van der Waals surface area contributed by atoms with Crippen molar-refractivity contribution < 1.29 is 0 Å². The number of aryl methyl sites for hydroxylation is 1. The monoisotopic (exact) mass is 720 g/mol. The lowest BCUT2D eigenvalue weighted by Crippen LogP contribution is -2.26. The molecule has 8 aromatic carbocycles. The Balaban J connectivity index is 0.000000194. The van der Waals surface area contributed by atoms with E-state index < -0.39 is 0 Å². The third kappa shape index (κ3) is 5.44. The van der Waals surface area contributed by atoms with Crippen molar-refractivity contribution in [1.82, 2.24) is 0 Å². The van der Waals surface area contributed by atoms with Crippen LogP contribution in [0.2, 0.25) is 0 Å². The number of hydrogen-bond donors (Lipinski definition) is 2. The second-order valence-corrected chi connectivity index (χ2v) is 14.9. The van der Waals surface area contributed by atoms with Gasteiger partial charge in [-0.3, -0.25) is 0 Å². The average molecular weight is 721 g/mol. The van der Waals surface area contributed by atoms with E-state index in [2.05, 4.69) is 147 Å². The zero-order valence-electron chi connectivity index (χ0n) is 32.1. The molecule has 10 rings (SSSR count). The molecular formula is C54H44N2. The van der Waals surface area contributed by atoms with Crippen molar-refractivity contribution in [2.75, 3.05) is 0 Å². The van der Waals surface area contributed by atoms with Gasteiger partial charge < -0.3 is 11.1 Å². The molecule has 0 radical (unpaired) electrons. The topological polar surface area (TPSA) is 49.9 Å². The summed E-state index contributed by atoms with van der Waals surface area (Å²) in [5.74, 6) is 0. The molecule has 0 heterocycles. The Morgan fingerprint density at radius 1 is 0.607 bits per heavy atom. The fourth-order valence-electron chi connectivity index (χ4n) is 9.30. The van der Waals surface area contributed by atoms with E-state index in [9.17, 15) is 0 Å². The maximum Gasteiger partial charge on any atom is 0.0731 e. The van der Waals surface area contributed by atoms with Gasteiger partial charge in [0.05, 0.1) is 11.1 Å². The van der Waals surface area contributed by atoms with E-state index in [1.165, 1.54) is 82.4 Å². The van der Waals surface area contributed by atoms with Gasteiger partial charge in [-0.25, -0.2) is 0 Å². The van der Waals surface area contributed by atoms with Gasteiger partial charge in [0.15, 0.2) is 0 Å². The molecule has 3 N–H and O–H groups in total. The standard InChI is InChI=1S/C38H24.C16H20N2/c1-23-18-19-24-21-32-35(22-25(24)20-23)38(33-16-8-6-12-28(33)29-13-7-9-17-34(29)38)37-31-15-5-3-11-27(31)26-10-2-4-14-30(26)36(32)37;1-3-8-13(9-4-2)15(17)12-16(18)14-10-6-5-7-11-14/h2-22H,1H3;3,5-12,18H,4,17H2,1-2H3/b;8-3-,13-9+,15-12-,18-16?. The van der Waals surface area contributed by atoms with Gasteiger partial charge in [-0.15, -0.1) is 0 Å². The van der Waals surface area contributed by atoms with Crippen LogP contribution in [0, 0.1) is 12.3 Å². The lowest BCUT2D eigenvalue weighted by Gasteiger charge is -2.32. The lowest BCUT2D eigenvalue weighted by molar-refractivity contribution is 0.803. The first-order valence-corrected chi connectivity index (χ1v) is 19.6. The Morgan fingerprint density at radius 2 is 1.20 bits per heavy atom. The van der Waals surface area contributed by atoms with Crippen LogP contribution in [-0.4, -0.2) is 5.71 Å². The molecule has 2 heteroatoms. The van der Waals surface area contributed by atoms with Crippen LogP contribution >= 0.6 is 0 Å². The predicted molar refractivity (Wildman–Crippen MR) is 239 cm³/mol. The Kier molecular flexibility index (Phi) is 8.83. The van der Waals surface area contributed by atoms with Crippen molar-refractivity contribution in [1.29, 1.82) is 5.41 Å². The highest BCUT2D eigenvalue weighted by atomic mass is 14.6. The van der Waals surface area contributed by atoms with E-state index in [1.54, 1.807) is 6.08 Å². The summed E-state index contributed by atoms with van der Waals surface area (Å²) in [5.41, 5.74) is 21.0. The van der Waals surface area contributed by atoms with Crippen molar-refractivity contribution in [3.63, 3.8) is 0 Å². The zero-order chi connectivity index (χ0) is 38.4. The first-order valence-electron chi connectivity index (χ1n) is 19.6. The van der Waals surface area contributed by atoms with Gasteiger partial charge >= 0.3 is 0 Å². The van der Waals surface area contributed by atoms with Gasteiger partial charge in [0, 0.05) is 5.70 Å². The number of rotatable bonds is 5. The number of nitrogens with two attached hydrogens (primary N) is 1. The van der Waals surface area contributed by atoms with Crippen molar-refractivity contribution in [3.8, 4) is 22.3 Å². The van der Waals surface area contributed by atoms with Gasteiger partial charge in [0.2, 0.25) is 0 Å². The molecule has 0 saturated heterocycles. The number of hydrogen-bond acceptors (Lipinski definition) is 2. The molecule has 0 aromatic heterocycles. The van der Waals surface area contributed by atoms with Gasteiger partial charge in [-0.1, -0.05) is 176 Å². The third-order valence-corrected chi connectivity index (χ3v) is 11.6. The second-order valence-electron chi connectivity index (χ2n) is 14.9. The summed E-state index contributed by atoms with van der Waals surface area (Å²) in [4.78, 5) is 0. The second kappa shape index (κ2) is 14.1. The maximum atomic E-state index is 8.01. The minimum Gasteiger partial charge on any atom is -0.398 e. The van der Waals surface area contributed by atoms with Crippen LogP contribution in [0.15, 0.2) is 193 Å². The number of allylic oxidation sites excluding steroid dienone is 4. The van der Waals surface area contributed by atoms with Gasteiger partial charge in [-0.05, 0) is 126 Å². The predicted octanol–water partition coefficient (Wildman–Crippen LogP) is 13.6. The van der Waals surface area contributed by atoms with Crippen LogP contribution in [0.1, 0.15) is 53.6 Å². The largest absolute Gasteiger partial charge is 0.398 e. The van der Waals surface area contributed by atoms with Crippen LogP contribution in [0.25, 0.3) is 54.6 Å². The summed E-state index contributed by atoms with van der Waals surface area (Å²) in [6.45, 7) is 6.22. The Bertz CT molecular complexity index is 2900. The minimum atomic E-state index is -0.362. The van der Waals surface area contributed by atoms with E-state index in [1.807, 2.05) is 49.4 Å². The van der Waals surface area contributed by atoms with Gasteiger partial charge in [-0.2, -0.15) is 0 Å². The highest BCUT2D eigenvalue weighted by molar-refractivity contribution is 6.20. The van der Waals surface area contributed by atoms with E-state index >= 15 is 0 Å². The molecule has 270 valence electrons. The molecule has 56 heavy (non-hydrogen) atoms. The average Bonchev–Trinajstić information content (AvgIpc) is 3.70. The van der Waals surface area contributed by atoms with Crippen LogP contribution in [-0.2, 0) is 5.41 Å². The zero-order valence-corrected chi connectivity index (χ0v) is 32.1. The highest BCUT2D eigenvalue weighted by Crippen LogP contribution is 2.65. The van der Waals surface area contributed by atoms with E-state index in [-0.39, 0.29) is 5.41 Å². The summed E-state index contributed by atoms with van der Waals surface area (Å²) in [6, 6.07) is 57.7. The molecule has 8 aromatic rings. The molecule has 0 amide bonds. The molecular weight excluding hydrogens is 677 g/mol. The molecule has 0 bridgehead atoms. The molecule has 0 saturated carbocycles. The molecule has 0 atom stereocenters. The van der Waals surface area contributed by atoms with Crippen molar-refractivity contribution in [2.24, 2.45) is 5.73 Å². The summed E-state index contributed by atoms with van der Waals surface area (Å²) in [7, 11) is 0. The third-order valence-electron chi connectivity index (χ3n) is 11.6. The van der Waals surface area contributed by atoms with Crippen molar-refractivity contribution in [2.45, 2.75) is 32.6 Å². The lowest BCUT2D eigenvalue weighted by atomic mass is 9.69. The molecule has 0 unspecified atom stereocenters. The van der Waals surface area contributed by atoms with Crippen LogP contribution in [0.5, 0.6) is 0 Å². The Hall–Kier alpha value is -6.77. The molecule has 2 aliphatic carbocycles. The summed E-state index contributed by atoms with van der Waals surface area (Å²) >= 11 is 0. The van der Waals surface area contributed by atoms with Crippen LogP contribution in [0.4, 0.5) is 0 Å². The Labute approximate surface area is 329 Å². The first kappa shape index (κ1) is 35.0. The number of benzene rings is 8. The minimum absolute atomic E-state index is 0.362.